The summed E-state index contributed by atoms with van der Waals surface area (Å²) >= 11 is 1.71. The predicted octanol–water partition coefficient (Wildman–Crippen LogP) is 4.38. The number of hydrogen-bond donors (Lipinski definition) is 1. The van der Waals surface area contributed by atoms with E-state index in [1.165, 1.54) is 11.1 Å². The maximum Gasteiger partial charge on any atom is 0.248 e. The van der Waals surface area contributed by atoms with Crippen LogP contribution in [0.5, 0.6) is 0 Å². The molecular formula is C18H21NOS. The van der Waals surface area contributed by atoms with E-state index >= 15 is 0 Å². The van der Waals surface area contributed by atoms with Crippen molar-refractivity contribution >= 4 is 17.7 Å². The molecule has 0 saturated carbocycles. The number of primary amides is 1. The highest BCUT2D eigenvalue weighted by molar-refractivity contribution is 7.98. The number of carbonyl (C=O) groups is 1. The SMILES string of the molecule is CC(C)(C)c1ccc(CSc2cccc(C(N)=O)c2)cc1. The van der Waals surface area contributed by atoms with Crippen LogP contribution in [0, 0.1) is 0 Å². The van der Waals surface area contributed by atoms with Gasteiger partial charge in [0.1, 0.15) is 0 Å². The lowest BCUT2D eigenvalue weighted by atomic mass is 9.87. The lowest BCUT2D eigenvalue weighted by Gasteiger charge is -2.19. The van der Waals surface area contributed by atoms with Crippen molar-refractivity contribution in [2.24, 2.45) is 5.73 Å². The minimum absolute atomic E-state index is 0.182. The summed E-state index contributed by atoms with van der Waals surface area (Å²) in [5, 5.41) is 0. The number of carbonyl (C=O) groups excluding carboxylic acids is 1. The summed E-state index contributed by atoms with van der Waals surface area (Å²) in [4.78, 5) is 12.2. The first-order valence-corrected chi connectivity index (χ1v) is 7.97. The number of amides is 1. The van der Waals surface area contributed by atoms with Gasteiger partial charge in [-0.25, -0.2) is 0 Å². The van der Waals surface area contributed by atoms with E-state index in [9.17, 15) is 4.79 Å². The van der Waals surface area contributed by atoms with Crippen molar-refractivity contribution in [1.29, 1.82) is 0 Å². The van der Waals surface area contributed by atoms with Crippen molar-refractivity contribution in [2.45, 2.75) is 36.8 Å². The number of thioether (sulfide) groups is 1. The van der Waals surface area contributed by atoms with Crippen molar-refractivity contribution < 1.29 is 4.79 Å². The molecule has 0 aromatic heterocycles. The Bertz CT molecular complexity index is 626. The van der Waals surface area contributed by atoms with Gasteiger partial charge in [-0.05, 0) is 34.7 Å². The van der Waals surface area contributed by atoms with Crippen LogP contribution in [0.1, 0.15) is 42.3 Å². The molecule has 0 unspecified atom stereocenters. The molecular weight excluding hydrogens is 278 g/mol. The van der Waals surface area contributed by atoms with Gasteiger partial charge in [-0.3, -0.25) is 4.79 Å². The van der Waals surface area contributed by atoms with Gasteiger partial charge in [0.2, 0.25) is 5.91 Å². The van der Waals surface area contributed by atoms with Crippen molar-refractivity contribution in [1.82, 2.24) is 0 Å². The smallest absolute Gasteiger partial charge is 0.248 e. The monoisotopic (exact) mass is 299 g/mol. The molecule has 2 N–H and O–H groups in total. The molecule has 2 nitrogen and oxygen atoms in total. The van der Waals surface area contributed by atoms with Gasteiger partial charge >= 0.3 is 0 Å². The highest BCUT2D eigenvalue weighted by atomic mass is 32.2. The summed E-state index contributed by atoms with van der Waals surface area (Å²) in [7, 11) is 0. The summed E-state index contributed by atoms with van der Waals surface area (Å²) in [6.07, 6.45) is 0. The first kappa shape index (κ1) is 15.6. The molecule has 0 radical (unpaired) electrons. The largest absolute Gasteiger partial charge is 0.366 e. The standard InChI is InChI=1S/C18H21NOS/c1-18(2,3)15-9-7-13(8-10-15)12-21-16-6-4-5-14(11-16)17(19)20/h4-11H,12H2,1-3H3,(H2,19,20). The molecule has 0 atom stereocenters. The normalized spacial score (nSPS) is 11.4. The number of hydrogen-bond acceptors (Lipinski definition) is 2. The average Bonchev–Trinajstić information content (AvgIpc) is 2.45. The first-order chi connectivity index (χ1) is 9.86. The molecule has 0 aliphatic carbocycles. The van der Waals surface area contributed by atoms with Crippen LogP contribution in [-0.4, -0.2) is 5.91 Å². The average molecular weight is 299 g/mol. The highest BCUT2D eigenvalue weighted by Gasteiger charge is 2.12. The summed E-state index contributed by atoms with van der Waals surface area (Å²) < 4.78 is 0. The molecule has 0 fully saturated rings. The second-order valence-corrected chi connectivity index (χ2v) is 7.18. The van der Waals surface area contributed by atoms with Gasteiger partial charge in [0, 0.05) is 16.2 Å². The molecule has 2 rings (SSSR count). The number of benzene rings is 2. The van der Waals surface area contributed by atoms with E-state index < -0.39 is 0 Å². The Balaban J connectivity index is 2.03. The third-order valence-electron chi connectivity index (χ3n) is 3.34. The molecule has 0 saturated heterocycles. The Morgan fingerprint density at radius 1 is 1.10 bits per heavy atom. The maximum atomic E-state index is 11.2. The fraction of sp³-hybridized carbons (Fsp3) is 0.278. The maximum absolute atomic E-state index is 11.2. The van der Waals surface area contributed by atoms with Crippen molar-refractivity contribution in [2.75, 3.05) is 0 Å². The van der Waals surface area contributed by atoms with Crippen LogP contribution in [-0.2, 0) is 11.2 Å². The van der Waals surface area contributed by atoms with Crippen LogP contribution in [0.4, 0.5) is 0 Å². The van der Waals surface area contributed by atoms with Gasteiger partial charge in [-0.15, -0.1) is 11.8 Å². The third-order valence-corrected chi connectivity index (χ3v) is 4.41. The van der Waals surface area contributed by atoms with Gasteiger partial charge in [-0.2, -0.15) is 0 Å². The zero-order valence-electron chi connectivity index (χ0n) is 12.7. The van der Waals surface area contributed by atoms with Crippen LogP contribution in [0.25, 0.3) is 0 Å². The molecule has 0 bridgehead atoms. The van der Waals surface area contributed by atoms with Crippen LogP contribution < -0.4 is 5.73 Å². The summed E-state index contributed by atoms with van der Waals surface area (Å²) in [6, 6.07) is 16.2. The van der Waals surface area contributed by atoms with Gasteiger partial charge < -0.3 is 5.73 Å². The molecule has 3 heteroatoms. The van der Waals surface area contributed by atoms with E-state index in [1.54, 1.807) is 17.8 Å². The fourth-order valence-corrected chi connectivity index (χ4v) is 2.92. The zero-order chi connectivity index (χ0) is 15.5. The van der Waals surface area contributed by atoms with Crippen LogP contribution in [0.3, 0.4) is 0 Å². The Hall–Kier alpha value is -1.74. The molecule has 0 aliphatic heterocycles. The molecule has 110 valence electrons. The van der Waals surface area contributed by atoms with Crippen LogP contribution in [0.15, 0.2) is 53.4 Å². The van der Waals surface area contributed by atoms with E-state index in [-0.39, 0.29) is 11.3 Å². The first-order valence-electron chi connectivity index (χ1n) is 6.98. The summed E-state index contributed by atoms with van der Waals surface area (Å²) in [5.41, 5.74) is 8.65. The number of nitrogens with two attached hydrogens (primary N) is 1. The summed E-state index contributed by atoms with van der Waals surface area (Å²) in [6.45, 7) is 6.64. The van der Waals surface area contributed by atoms with Crippen molar-refractivity contribution in [3.63, 3.8) is 0 Å². The lowest BCUT2D eigenvalue weighted by molar-refractivity contribution is 0.1000. The van der Waals surface area contributed by atoms with Gasteiger partial charge in [0.15, 0.2) is 0 Å². The van der Waals surface area contributed by atoms with E-state index in [2.05, 4.69) is 45.0 Å². The van der Waals surface area contributed by atoms with Crippen LogP contribution in [0.2, 0.25) is 0 Å². The van der Waals surface area contributed by atoms with E-state index in [4.69, 9.17) is 5.73 Å². The molecule has 1 amide bonds. The van der Waals surface area contributed by atoms with E-state index in [0.29, 0.717) is 5.56 Å². The molecule has 21 heavy (non-hydrogen) atoms. The van der Waals surface area contributed by atoms with E-state index in [0.717, 1.165) is 10.6 Å². The van der Waals surface area contributed by atoms with Crippen molar-refractivity contribution in [3.8, 4) is 0 Å². The fourth-order valence-electron chi connectivity index (χ4n) is 2.01. The Morgan fingerprint density at radius 2 is 1.76 bits per heavy atom. The van der Waals surface area contributed by atoms with Gasteiger partial charge in [0.05, 0.1) is 0 Å². The minimum atomic E-state index is -0.382. The molecule has 0 aliphatic rings. The lowest BCUT2D eigenvalue weighted by Crippen LogP contribution is -2.10. The topological polar surface area (TPSA) is 43.1 Å². The second kappa shape index (κ2) is 6.35. The summed E-state index contributed by atoms with van der Waals surface area (Å²) in [5.74, 6) is 0.499. The third kappa shape index (κ3) is 4.36. The Morgan fingerprint density at radius 3 is 2.33 bits per heavy atom. The Labute approximate surface area is 130 Å². The molecule has 0 heterocycles. The number of rotatable bonds is 4. The predicted molar refractivity (Wildman–Crippen MR) is 89.7 cm³/mol. The van der Waals surface area contributed by atoms with E-state index in [1.807, 2.05) is 18.2 Å². The molecule has 2 aromatic rings. The van der Waals surface area contributed by atoms with Gasteiger partial charge in [-0.1, -0.05) is 51.1 Å². The molecule has 2 aromatic carbocycles. The minimum Gasteiger partial charge on any atom is -0.366 e. The van der Waals surface area contributed by atoms with Crippen molar-refractivity contribution in [3.05, 3.63) is 65.2 Å². The highest BCUT2D eigenvalue weighted by Crippen LogP contribution is 2.26. The Kier molecular flexibility index (Phi) is 4.73. The second-order valence-electron chi connectivity index (χ2n) is 6.13. The quantitative estimate of drug-likeness (QED) is 0.852. The van der Waals surface area contributed by atoms with Crippen LogP contribution >= 0.6 is 11.8 Å². The van der Waals surface area contributed by atoms with Gasteiger partial charge in [0.25, 0.3) is 0 Å². The zero-order valence-corrected chi connectivity index (χ0v) is 13.5. The molecule has 0 spiro atoms.